The maximum atomic E-state index is 8.70. The Labute approximate surface area is 98.1 Å². The van der Waals surface area contributed by atoms with Gasteiger partial charge in [-0.2, -0.15) is 10.4 Å². The van der Waals surface area contributed by atoms with Crippen LogP contribution in [0, 0.1) is 11.3 Å². The fraction of sp³-hybridized carbons (Fsp3) is 0.273. The van der Waals surface area contributed by atoms with E-state index in [1.807, 2.05) is 29.2 Å². The van der Waals surface area contributed by atoms with Crippen molar-refractivity contribution in [2.45, 2.75) is 20.0 Å². The molecular weight excluding hydrogens is 220 g/mol. The Hall–Kier alpha value is -1.80. The van der Waals surface area contributed by atoms with Crippen LogP contribution < -0.4 is 5.32 Å². The molecule has 0 bridgehead atoms. The van der Waals surface area contributed by atoms with E-state index in [1.54, 1.807) is 0 Å². The fourth-order valence-electron chi connectivity index (χ4n) is 1.35. The molecule has 0 aliphatic heterocycles. The second-order valence-corrected chi connectivity index (χ2v) is 4.48. The lowest BCUT2D eigenvalue weighted by atomic mass is 10.4. The summed E-state index contributed by atoms with van der Waals surface area (Å²) in [6, 6.07) is 5.95. The fourth-order valence-corrected chi connectivity index (χ4v) is 2.09. The predicted molar refractivity (Wildman–Crippen MR) is 64.3 cm³/mol. The van der Waals surface area contributed by atoms with Gasteiger partial charge in [-0.1, -0.05) is 0 Å². The molecule has 82 valence electrons. The molecule has 4 nitrogen and oxygen atoms in total. The lowest BCUT2D eigenvalue weighted by Crippen LogP contribution is -1.96. The van der Waals surface area contributed by atoms with Crippen LogP contribution in [0.2, 0.25) is 0 Å². The number of rotatable bonds is 4. The molecule has 1 N–H and O–H groups in total. The van der Waals surface area contributed by atoms with Crippen molar-refractivity contribution in [3.05, 3.63) is 34.3 Å². The van der Waals surface area contributed by atoms with Crippen molar-refractivity contribution >= 4 is 17.0 Å². The van der Waals surface area contributed by atoms with E-state index < -0.39 is 0 Å². The van der Waals surface area contributed by atoms with Gasteiger partial charge in [0.2, 0.25) is 0 Å². The first-order chi connectivity index (χ1) is 7.81. The number of nitrogens with one attached hydrogen (secondary N) is 1. The monoisotopic (exact) mass is 232 g/mol. The zero-order chi connectivity index (χ0) is 11.4. The number of aromatic nitrogens is 2. The predicted octanol–water partition coefficient (Wildman–Crippen LogP) is 2.45. The van der Waals surface area contributed by atoms with Crippen LogP contribution in [-0.2, 0) is 13.1 Å². The third-order valence-electron chi connectivity index (χ3n) is 2.20. The summed E-state index contributed by atoms with van der Waals surface area (Å²) in [6.45, 7) is 3.66. The van der Waals surface area contributed by atoms with Crippen LogP contribution in [0.25, 0.3) is 0 Å². The molecule has 0 atom stereocenters. The van der Waals surface area contributed by atoms with Gasteiger partial charge in [0.15, 0.2) is 0 Å². The summed E-state index contributed by atoms with van der Waals surface area (Å²) in [7, 11) is 0. The minimum Gasteiger partial charge on any atom is -0.378 e. The summed E-state index contributed by atoms with van der Waals surface area (Å²) in [5.74, 6) is 0. The Balaban J connectivity index is 1.94. The molecule has 0 radical (unpaired) electrons. The summed E-state index contributed by atoms with van der Waals surface area (Å²) >= 11 is 1.51. The first kappa shape index (κ1) is 10.7. The minimum atomic E-state index is 0.738. The first-order valence-electron chi connectivity index (χ1n) is 5.07. The van der Waals surface area contributed by atoms with Crippen molar-refractivity contribution in [3.8, 4) is 6.07 Å². The molecule has 2 aromatic heterocycles. The van der Waals surface area contributed by atoms with Crippen LogP contribution in [0.1, 0.15) is 16.7 Å². The SMILES string of the molecule is CCn1cc(NCc2ccc(C#N)s2)cn1. The molecule has 5 heteroatoms. The van der Waals surface area contributed by atoms with Gasteiger partial charge in [-0.25, -0.2) is 0 Å². The summed E-state index contributed by atoms with van der Waals surface area (Å²) in [4.78, 5) is 1.90. The average molecular weight is 232 g/mol. The molecule has 0 saturated heterocycles. The van der Waals surface area contributed by atoms with E-state index in [0.717, 1.165) is 28.5 Å². The highest BCUT2D eigenvalue weighted by atomic mass is 32.1. The Bertz CT molecular complexity index is 506. The Kier molecular flexibility index (Phi) is 3.22. The summed E-state index contributed by atoms with van der Waals surface area (Å²) in [6.07, 6.45) is 3.78. The van der Waals surface area contributed by atoms with Crippen LogP contribution in [-0.4, -0.2) is 9.78 Å². The van der Waals surface area contributed by atoms with Crippen molar-refractivity contribution in [2.75, 3.05) is 5.32 Å². The van der Waals surface area contributed by atoms with Gasteiger partial charge >= 0.3 is 0 Å². The van der Waals surface area contributed by atoms with Crippen LogP contribution in [0.4, 0.5) is 5.69 Å². The summed E-state index contributed by atoms with van der Waals surface area (Å²) in [5.41, 5.74) is 1.01. The van der Waals surface area contributed by atoms with Crippen LogP contribution >= 0.6 is 11.3 Å². The van der Waals surface area contributed by atoms with Crippen molar-refractivity contribution in [2.24, 2.45) is 0 Å². The van der Waals surface area contributed by atoms with E-state index in [0.29, 0.717) is 0 Å². The second-order valence-electron chi connectivity index (χ2n) is 3.32. The van der Waals surface area contributed by atoms with E-state index in [9.17, 15) is 0 Å². The van der Waals surface area contributed by atoms with Gasteiger partial charge < -0.3 is 5.32 Å². The van der Waals surface area contributed by atoms with Crippen molar-refractivity contribution < 1.29 is 0 Å². The van der Waals surface area contributed by atoms with Crippen LogP contribution in [0.15, 0.2) is 24.5 Å². The van der Waals surface area contributed by atoms with E-state index in [-0.39, 0.29) is 0 Å². The average Bonchev–Trinajstić information content (AvgIpc) is 2.95. The standard InChI is InChI=1S/C11H12N4S/c1-2-15-8-9(6-14-15)13-7-11-4-3-10(5-12)16-11/h3-4,6,8,13H,2,7H2,1H3. The Morgan fingerprint density at radius 1 is 1.56 bits per heavy atom. The molecule has 2 aromatic rings. The number of nitriles is 1. The van der Waals surface area contributed by atoms with Gasteiger partial charge in [-0.05, 0) is 19.1 Å². The summed E-state index contributed by atoms with van der Waals surface area (Å²) < 4.78 is 1.87. The first-order valence-corrected chi connectivity index (χ1v) is 5.88. The summed E-state index contributed by atoms with van der Waals surface area (Å²) in [5, 5.41) is 16.1. The lowest BCUT2D eigenvalue weighted by molar-refractivity contribution is 0.660. The third kappa shape index (κ3) is 2.41. The van der Waals surface area contributed by atoms with E-state index in [1.165, 1.54) is 11.3 Å². The topological polar surface area (TPSA) is 53.6 Å². The molecule has 0 amide bonds. The van der Waals surface area contributed by atoms with Crippen molar-refractivity contribution in [1.29, 1.82) is 5.26 Å². The maximum absolute atomic E-state index is 8.70. The number of hydrogen-bond acceptors (Lipinski definition) is 4. The highest BCUT2D eigenvalue weighted by molar-refractivity contribution is 7.12. The number of nitrogens with zero attached hydrogens (tertiary/aromatic N) is 3. The molecule has 0 aliphatic carbocycles. The number of hydrogen-bond donors (Lipinski definition) is 1. The van der Waals surface area contributed by atoms with E-state index in [2.05, 4.69) is 23.4 Å². The van der Waals surface area contributed by atoms with E-state index >= 15 is 0 Å². The van der Waals surface area contributed by atoms with E-state index in [4.69, 9.17) is 5.26 Å². The van der Waals surface area contributed by atoms with Gasteiger partial charge in [0.25, 0.3) is 0 Å². The van der Waals surface area contributed by atoms with Gasteiger partial charge in [-0.15, -0.1) is 11.3 Å². The van der Waals surface area contributed by atoms with Gasteiger partial charge in [0, 0.05) is 24.2 Å². The largest absolute Gasteiger partial charge is 0.378 e. The number of aryl methyl sites for hydroxylation is 1. The molecule has 2 heterocycles. The third-order valence-corrected chi connectivity index (χ3v) is 3.19. The van der Waals surface area contributed by atoms with Gasteiger partial charge in [-0.3, -0.25) is 4.68 Å². The molecule has 0 unspecified atom stereocenters. The molecule has 0 aromatic carbocycles. The molecule has 0 fully saturated rings. The minimum absolute atomic E-state index is 0.738. The number of anilines is 1. The Morgan fingerprint density at radius 3 is 3.06 bits per heavy atom. The highest BCUT2D eigenvalue weighted by Gasteiger charge is 2.00. The van der Waals surface area contributed by atoms with Crippen molar-refractivity contribution in [1.82, 2.24) is 9.78 Å². The lowest BCUT2D eigenvalue weighted by Gasteiger charge is -1.99. The molecule has 0 aliphatic rings. The zero-order valence-electron chi connectivity index (χ0n) is 8.97. The second kappa shape index (κ2) is 4.81. The molecule has 2 rings (SSSR count). The van der Waals surface area contributed by atoms with Gasteiger partial charge in [0.05, 0.1) is 11.9 Å². The van der Waals surface area contributed by atoms with Crippen molar-refractivity contribution in [3.63, 3.8) is 0 Å². The maximum Gasteiger partial charge on any atom is 0.110 e. The molecule has 16 heavy (non-hydrogen) atoms. The van der Waals surface area contributed by atoms with Gasteiger partial charge in [0.1, 0.15) is 10.9 Å². The molecule has 0 spiro atoms. The zero-order valence-corrected chi connectivity index (χ0v) is 9.79. The van der Waals surface area contributed by atoms with Crippen LogP contribution in [0.3, 0.4) is 0 Å². The normalized spacial score (nSPS) is 10.0. The number of thiophene rings is 1. The van der Waals surface area contributed by atoms with Crippen LogP contribution in [0.5, 0.6) is 0 Å². The quantitative estimate of drug-likeness (QED) is 0.881. The Morgan fingerprint density at radius 2 is 2.44 bits per heavy atom. The smallest absolute Gasteiger partial charge is 0.110 e. The molecular formula is C11H12N4S. The molecule has 0 saturated carbocycles. The highest BCUT2D eigenvalue weighted by Crippen LogP contribution is 2.16.